The highest BCUT2D eigenvalue weighted by molar-refractivity contribution is 7.84. The lowest BCUT2D eigenvalue weighted by atomic mass is 9.99. The van der Waals surface area contributed by atoms with Crippen LogP contribution in [0.1, 0.15) is 55.5 Å². The predicted octanol–water partition coefficient (Wildman–Crippen LogP) is 7.60. The van der Waals surface area contributed by atoms with E-state index in [-0.39, 0.29) is 12.2 Å². The fourth-order valence-corrected chi connectivity index (χ4v) is 5.84. The number of unbranched alkanes of at least 4 members (excludes halogenated alkanes) is 1. The van der Waals surface area contributed by atoms with Crippen LogP contribution in [-0.2, 0) is 39.0 Å². The Labute approximate surface area is 258 Å². The maximum Gasteiger partial charge on any atom is 0.160 e. The summed E-state index contributed by atoms with van der Waals surface area (Å²) in [5, 5.41) is 0. The Morgan fingerprint density at radius 1 is 0.930 bits per heavy atom. The van der Waals surface area contributed by atoms with Crippen molar-refractivity contribution in [1.29, 1.82) is 0 Å². The zero-order valence-electron chi connectivity index (χ0n) is 25.5. The monoisotopic (exact) mass is 598 g/mol. The maximum absolute atomic E-state index is 12.9. The molecule has 0 aliphatic carbocycles. The molecule has 0 saturated carbocycles. The molecule has 1 atom stereocenters. The molecular formula is C36H42N2O4S. The van der Waals surface area contributed by atoms with E-state index in [1.54, 1.807) is 18.6 Å². The normalized spacial score (nSPS) is 12.1. The van der Waals surface area contributed by atoms with Gasteiger partial charge in [0.2, 0.25) is 0 Å². The topological polar surface area (TPSA) is 70.4 Å². The molecule has 0 aliphatic rings. The third-order valence-electron chi connectivity index (χ3n) is 6.99. The van der Waals surface area contributed by atoms with Crippen LogP contribution in [0.4, 0.5) is 0 Å². The van der Waals surface area contributed by atoms with Crippen LogP contribution in [0.2, 0.25) is 0 Å². The van der Waals surface area contributed by atoms with Crippen molar-refractivity contribution in [2.24, 2.45) is 0 Å². The lowest BCUT2D eigenvalue weighted by Gasteiger charge is -2.09. The number of aryl methyl sites for hydroxylation is 2. The molecular weight excluding hydrogens is 556 g/mol. The minimum Gasteiger partial charge on any atom is -0.491 e. The summed E-state index contributed by atoms with van der Waals surface area (Å²) in [5.41, 5.74) is 6.13. The molecule has 0 unspecified atom stereocenters. The zero-order valence-corrected chi connectivity index (χ0v) is 26.3. The van der Waals surface area contributed by atoms with Gasteiger partial charge in [0.15, 0.2) is 5.78 Å². The molecule has 0 bridgehead atoms. The average molecular weight is 599 g/mol. The highest BCUT2D eigenvalue weighted by atomic mass is 32.2. The number of nitrogens with zero attached hydrogens (tertiary/aromatic N) is 2. The summed E-state index contributed by atoms with van der Waals surface area (Å²) >= 11 is 0. The Balaban J connectivity index is 1.31. The van der Waals surface area contributed by atoms with Crippen molar-refractivity contribution in [3.63, 3.8) is 0 Å². The third-order valence-corrected chi connectivity index (χ3v) is 8.35. The average Bonchev–Trinajstić information content (AvgIpc) is 3.44. The van der Waals surface area contributed by atoms with E-state index in [1.807, 2.05) is 47.0 Å². The number of imidazole rings is 1. The van der Waals surface area contributed by atoms with Crippen LogP contribution in [0.3, 0.4) is 0 Å². The van der Waals surface area contributed by atoms with Gasteiger partial charge in [0.1, 0.15) is 12.4 Å². The standard InChI is InChI=1S/C36H42N2O4S/c1-4-6-18-41-19-20-42-35-13-10-31(11-14-35)32-22-28(3)21-30(23-32)7-12-34(39)24-29-8-15-36(16-9-29)43(40)26-33-25-37-27-38(33)17-5-2/h7-16,21-23,25,27H,4-6,17-20,24,26H2,1-3H3/b12-7+/t43-/m0/s1. The Morgan fingerprint density at radius 3 is 2.47 bits per heavy atom. The minimum absolute atomic E-state index is 0.0144. The molecule has 0 spiro atoms. The lowest BCUT2D eigenvalue weighted by Crippen LogP contribution is -2.07. The van der Waals surface area contributed by atoms with Gasteiger partial charge in [-0.2, -0.15) is 0 Å². The molecule has 0 fully saturated rings. The smallest absolute Gasteiger partial charge is 0.160 e. The second kappa shape index (κ2) is 16.7. The lowest BCUT2D eigenvalue weighted by molar-refractivity contribution is -0.113. The van der Waals surface area contributed by atoms with Crippen LogP contribution < -0.4 is 4.74 Å². The number of rotatable bonds is 17. The molecule has 3 aromatic carbocycles. The number of ether oxygens (including phenoxy) is 2. The van der Waals surface area contributed by atoms with Crippen molar-refractivity contribution in [3.05, 3.63) is 108 Å². The van der Waals surface area contributed by atoms with E-state index in [9.17, 15) is 9.00 Å². The van der Waals surface area contributed by atoms with Gasteiger partial charge in [-0.3, -0.25) is 9.00 Å². The molecule has 0 amide bonds. The van der Waals surface area contributed by atoms with E-state index in [2.05, 4.69) is 56.1 Å². The van der Waals surface area contributed by atoms with E-state index < -0.39 is 10.8 Å². The summed E-state index contributed by atoms with van der Waals surface area (Å²) in [6.07, 6.45) is 10.6. The molecule has 7 heteroatoms. The summed E-state index contributed by atoms with van der Waals surface area (Å²) in [4.78, 5) is 17.7. The molecule has 0 N–H and O–H groups in total. The van der Waals surface area contributed by atoms with Crippen LogP contribution in [0.25, 0.3) is 17.2 Å². The van der Waals surface area contributed by atoms with Gasteiger partial charge in [0, 0.05) is 30.7 Å². The Kier molecular flexibility index (Phi) is 12.5. The number of hydrogen-bond donors (Lipinski definition) is 0. The molecule has 226 valence electrons. The fourth-order valence-electron chi connectivity index (χ4n) is 4.72. The van der Waals surface area contributed by atoms with E-state index >= 15 is 0 Å². The van der Waals surface area contributed by atoms with Crippen LogP contribution in [0.5, 0.6) is 5.75 Å². The van der Waals surface area contributed by atoms with E-state index in [0.29, 0.717) is 19.0 Å². The van der Waals surface area contributed by atoms with Crippen molar-refractivity contribution in [1.82, 2.24) is 9.55 Å². The van der Waals surface area contributed by atoms with Crippen LogP contribution in [0, 0.1) is 6.92 Å². The van der Waals surface area contributed by atoms with Gasteiger partial charge in [0.05, 0.1) is 35.2 Å². The summed E-state index contributed by atoms with van der Waals surface area (Å²) in [5.74, 6) is 1.26. The Bertz CT molecular complexity index is 1510. The van der Waals surface area contributed by atoms with Gasteiger partial charge in [-0.25, -0.2) is 4.98 Å². The SMILES string of the molecule is CCCCOCCOc1ccc(-c2cc(C)cc(/C=C/C(=O)Cc3ccc([S@@](=O)Cc4cncn4CCC)cc3)c2)cc1. The van der Waals surface area contributed by atoms with Crippen molar-refractivity contribution >= 4 is 22.7 Å². The molecule has 4 rings (SSSR count). The second-order valence-corrected chi connectivity index (χ2v) is 12.1. The first kappa shape index (κ1) is 32.1. The first-order valence-corrected chi connectivity index (χ1v) is 16.4. The molecule has 6 nitrogen and oxygen atoms in total. The van der Waals surface area contributed by atoms with Crippen molar-refractivity contribution in [2.75, 3.05) is 19.8 Å². The van der Waals surface area contributed by atoms with Gasteiger partial charge in [-0.15, -0.1) is 0 Å². The molecule has 4 aromatic rings. The highest BCUT2D eigenvalue weighted by Gasteiger charge is 2.10. The molecule has 1 heterocycles. The van der Waals surface area contributed by atoms with E-state index in [0.717, 1.165) is 76.6 Å². The maximum atomic E-state index is 12.9. The summed E-state index contributed by atoms with van der Waals surface area (Å²) < 4.78 is 26.3. The summed E-state index contributed by atoms with van der Waals surface area (Å²) in [6.45, 7) is 9.08. The van der Waals surface area contributed by atoms with E-state index in [1.165, 1.54) is 0 Å². The summed E-state index contributed by atoms with van der Waals surface area (Å²) in [6, 6.07) is 21.8. The van der Waals surface area contributed by atoms with Crippen molar-refractivity contribution in [3.8, 4) is 16.9 Å². The molecule has 1 aromatic heterocycles. The predicted molar refractivity (Wildman–Crippen MR) is 175 cm³/mol. The highest BCUT2D eigenvalue weighted by Crippen LogP contribution is 2.25. The minimum atomic E-state index is -1.17. The summed E-state index contributed by atoms with van der Waals surface area (Å²) in [7, 11) is -1.17. The fraction of sp³-hybridized carbons (Fsp3) is 0.333. The molecule has 0 radical (unpaired) electrons. The quantitative estimate of drug-likeness (QED) is 0.0925. The number of allylic oxidation sites excluding steroid dienone is 1. The molecule has 0 aliphatic heterocycles. The number of aromatic nitrogens is 2. The molecule has 0 saturated heterocycles. The zero-order chi connectivity index (χ0) is 30.4. The van der Waals surface area contributed by atoms with Crippen molar-refractivity contribution in [2.45, 2.75) is 63.6 Å². The van der Waals surface area contributed by atoms with Crippen molar-refractivity contribution < 1.29 is 18.5 Å². The van der Waals surface area contributed by atoms with Gasteiger partial charge < -0.3 is 14.0 Å². The number of carbonyl (C=O) groups excluding carboxylic acids is 1. The Hall–Kier alpha value is -3.81. The second-order valence-electron chi connectivity index (χ2n) is 10.7. The van der Waals surface area contributed by atoms with Gasteiger partial charge >= 0.3 is 0 Å². The van der Waals surface area contributed by atoms with Crippen LogP contribution >= 0.6 is 0 Å². The van der Waals surface area contributed by atoms with Gasteiger partial charge in [-0.1, -0.05) is 62.7 Å². The number of hydrogen-bond acceptors (Lipinski definition) is 5. The first-order valence-electron chi connectivity index (χ1n) is 15.0. The number of benzene rings is 3. The number of ketones is 1. The van der Waals surface area contributed by atoms with Gasteiger partial charge in [0.25, 0.3) is 0 Å². The van der Waals surface area contributed by atoms with E-state index in [4.69, 9.17) is 9.47 Å². The van der Waals surface area contributed by atoms with Crippen LogP contribution in [0.15, 0.2) is 90.2 Å². The largest absolute Gasteiger partial charge is 0.491 e. The number of carbonyl (C=O) groups is 1. The first-order chi connectivity index (χ1) is 20.9. The van der Waals surface area contributed by atoms with Gasteiger partial charge in [-0.05, 0) is 84.0 Å². The van der Waals surface area contributed by atoms with Crippen LogP contribution in [-0.4, -0.2) is 39.4 Å². The third kappa shape index (κ3) is 10.2. The molecule has 43 heavy (non-hydrogen) atoms. The Morgan fingerprint density at radius 2 is 1.72 bits per heavy atom.